The van der Waals surface area contributed by atoms with E-state index in [9.17, 15) is 19.2 Å². The van der Waals surface area contributed by atoms with Gasteiger partial charge in [-0.25, -0.2) is 4.79 Å². The van der Waals surface area contributed by atoms with Crippen molar-refractivity contribution in [3.63, 3.8) is 0 Å². The van der Waals surface area contributed by atoms with Crippen LogP contribution in [0.5, 0.6) is 0 Å². The second-order valence-corrected chi connectivity index (χ2v) is 10.4. The molecule has 0 radical (unpaired) electrons. The summed E-state index contributed by atoms with van der Waals surface area (Å²) in [5.74, 6) is 2.41. The zero-order valence-corrected chi connectivity index (χ0v) is 23.8. The van der Waals surface area contributed by atoms with Crippen LogP contribution in [0.1, 0.15) is 60.8 Å². The van der Waals surface area contributed by atoms with Crippen molar-refractivity contribution >= 4 is 23.8 Å². The molecule has 1 fully saturated rings. The Morgan fingerprint density at radius 3 is 1.95 bits per heavy atom. The number of carbonyl (C=O) groups is 4. The molecular weight excluding hydrogens is 474 g/mol. The van der Waals surface area contributed by atoms with Crippen LogP contribution in [-0.4, -0.2) is 126 Å². The zero-order valence-electron chi connectivity index (χ0n) is 23.8. The molecule has 1 rings (SSSR count). The molecule has 0 bridgehead atoms. The number of hydrogen-bond donors (Lipinski definition) is 0. The largest absolute Gasteiger partial charge is 0.444 e. The Hall–Kier alpha value is -2.80. The molecule has 0 unspecified atom stereocenters. The Morgan fingerprint density at radius 2 is 1.43 bits per heavy atom. The molecule has 1 aliphatic rings. The maximum absolute atomic E-state index is 12.6. The van der Waals surface area contributed by atoms with Crippen LogP contribution in [-0.2, 0) is 19.1 Å². The van der Waals surface area contributed by atoms with E-state index in [1.54, 1.807) is 21.6 Å². The monoisotopic (exact) mass is 521 g/mol. The third-order valence-electron chi connectivity index (χ3n) is 6.20. The summed E-state index contributed by atoms with van der Waals surface area (Å²) in [6, 6.07) is 0. The van der Waals surface area contributed by atoms with Crippen LogP contribution in [0.25, 0.3) is 0 Å². The first-order valence-electron chi connectivity index (χ1n) is 13.3. The molecule has 0 atom stereocenters. The fourth-order valence-corrected chi connectivity index (χ4v) is 4.05. The molecule has 1 saturated heterocycles. The summed E-state index contributed by atoms with van der Waals surface area (Å²) in [4.78, 5) is 58.0. The number of piperazine rings is 1. The predicted molar refractivity (Wildman–Crippen MR) is 144 cm³/mol. The molecule has 0 saturated carbocycles. The summed E-state index contributed by atoms with van der Waals surface area (Å²) < 4.78 is 5.45. The lowest BCUT2D eigenvalue weighted by molar-refractivity contribution is -0.134. The maximum atomic E-state index is 12.6. The number of hydrogen-bond acceptors (Lipinski definition) is 6. The van der Waals surface area contributed by atoms with Gasteiger partial charge in [-0.2, -0.15) is 0 Å². The number of rotatable bonds is 13. The molecule has 0 N–H and O–H groups in total. The fourth-order valence-electron chi connectivity index (χ4n) is 4.05. The molecule has 10 heteroatoms. The molecular formula is C27H47N5O5. The molecule has 0 aliphatic carbocycles. The molecule has 37 heavy (non-hydrogen) atoms. The number of ether oxygens (including phenoxy) is 1. The third kappa shape index (κ3) is 12.8. The van der Waals surface area contributed by atoms with E-state index in [0.29, 0.717) is 58.7 Å². The molecule has 0 aromatic carbocycles. The number of nitrogens with zero attached hydrogens (tertiary/aromatic N) is 5. The van der Waals surface area contributed by atoms with Crippen LogP contribution in [0.2, 0.25) is 0 Å². The van der Waals surface area contributed by atoms with Crippen molar-refractivity contribution in [3.05, 3.63) is 0 Å². The Bertz CT molecular complexity index is 796. The highest BCUT2D eigenvalue weighted by Crippen LogP contribution is 2.12. The second-order valence-electron chi connectivity index (χ2n) is 10.4. The van der Waals surface area contributed by atoms with Gasteiger partial charge in [-0.3, -0.25) is 19.3 Å². The van der Waals surface area contributed by atoms with Crippen LogP contribution >= 0.6 is 0 Å². The number of amides is 4. The SMILES string of the molecule is C#CCN(CCN(CCCN(CCN1CCN(C(=O)OC(C)(C)C)CC1)C(C)=O)C(=O)CCC)C(C)=O. The van der Waals surface area contributed by atoms with Crippen molar-refractivity contribution < 1.29 is 23.9 Å². The minimum Gasteiger partial charge on any atom is -0.444 e. The number of carbonyl (C=O) groups excluding carboxylic acids is 4. The average molecular weight is 522 g/mol. The molecule has 1 heterocycles. The van der Waals surface area contributed by atoms with E-state index in [-0.39, 0.29) is 30.4 Å². The van der Waals surface area contributed by atoms with E-state index in [0.717, 1.165) is 26.1 Å². The van der Waals surface area contributed by atoms with Gasteiger partial charge in [0.15, 0.2) is 0 Å². The summed E-state index contributed by atoms with van der Waals surface area (Å²) in [7, 11) is 0. The van der Waals surface area contributed by atoms with Crippen LogP contribution in [0.4, 0.5) is 4.79 Å². The van der Waals surface area contributed by atoms with Gasteiger partial charge in [-0.1, -0.05) is 12.8 Å². The standard InChI is InChI=1S/C27H47N5O5/c1-8-11-25(35)31(22-21-29(12-9-2)23(3)33)14-10-13-30(24(4)34)18-15-28-16-19-32(20-17-28)26(36)37-27(5,6)7/h2H,8,10-22H2,1,3-7H3. The minimum absolute atomic E-state index is 0.00407. The highest BCUT2D eigenvalue weighted by Gasteiger charge is 2.26. The first kappa shape index (κ1) is 32.2. The maximum Gasteiger partial charge on any atom is 0.410 e. The van der Waals surface area contributed by atoms with Crippen molar-refractivity contribution in [2.24, 2.45) is 0 Å². The average Bonchev–Trinajstić information content (AvgIpc) is 2.81. The Balaban J connectivity index is 2.54. The summed E-state index contributed by atoms with van der Waals surface area (Å²) in [5.41, 5.74) is -0.512. The summed E-state index contributed by atoms with van der Waals surface area (Å²) >= 11 is 0. The molecule has 10 nitrogen and oxygen atoms in total. The van der Waals surface area contributed by atoms with Gasteiger partial charge in [0.2, 0.25) is 17.7 Å². The van der Waals surface area contributed by atoms with Crippen LogP contribution in [0.15, 0.2) is 0 Å². The smallest absolute Gasteiger partial charge is 0.410 e. The molecule has 4 amide bonds. The van der Waals surface area contributed by atoms with Crippen molar-refractivity contribution in [2.75, 3.05) is 72.0 Å². The summed E-state index contributed by atoms with van der Waals surface area (Å²) in [6.45, 7) is 16.6. The van der Waals surface area contributed by atoms with Gasteiger partial charge >= 0.3 is 6.09 Å². The van der Waals surface area contributed by atoms with Gasteiger partial charge in [0.1, 0.15) is 5.60 Å². The van der Waals surface area contributed by atoms with Gasteiger partial charge in [-0.05, 0) is 33.6 Å². The second kappa shape index (κ2) is 16.1. The lowest BCUT2D eigenvalue weighted by atomic mass is 10.2. The lowest BCUT2D eigenvalue weighted by Gasteiger charge is -2.36. The van der Waals surface area contributed by atoms with Gasteiger partial charge in [-0.15, -0.1) is 6.42 Å². The zero-order chi connectivity index (χ0) is 28.0. The lowest BCUT2D eigenvalue weighted by Crippen LogP contribution is -2.51. The number of terminal acetylenes is 1. The van der Waals surface area contributed by atoms with Crippen molar-refractivity contribution in [2.45, 2.75) is 66.4 Å². The topological polar surface area (TPSA) is 93.7 Å². The van der Waals surface area contributed by atoms with Gasteiger partial charge in [0.05, 0.1) is 6.54 Å². The normalized spacial score (nSPS) is 14.0. The fraction of sp³-hybridized carbons (Fsp3) is 0.778. The van der Waals surface area contributed by atoms with Crippen molar-refractivity contribution in [1.82, 2.24) is 24.5 Å². The Kier molecular flexibility index (Phi) is 14.0. The predicted octanol–water partition coefficient (Wildman–Crippen LogP) is 1.89. The molecule has 1 aliphatic heterocycles. The third-order valence-corrected chi connectivity index (χ3v) is 6.20. The first-order chi connectivity index (χ1) is 17.4. The van der Waals surface area contributed by atoms with Crippen molar-refractivity contribution in [1.29, 1.82) is 0 Å². The van der Waals surface area contributed by atoms with E-state index in [1.807, 2.05) is 32.6 Å². The Morgan fingerprint density at radius 1 is 0.865 bits per heavy atom. The molecule has 210 valence electrons. The molecule has 0 spiro atoms. The van der Waals surface area contributed by atoms with Gasteiger partial charge in [0.25, 0.3) is 0 Å². The Labute approximate surface area is 223 Å². The van der Waals surface area contributed by atoms with Gasteiger partial charge in [0, 0.05) is 85.7 Å². The quantitative estimate of drug-likeness (QED) is 0.344. The van der Waals surface area contributed by atoms with E-state index >= 15 is 0 Å². The van der Waals surface area contributed by atoms with Crippen molar-refractivity contribution in [3.8, 4) is 12.3 Å². The van der Waals surface area contributed by atoms with E-state index in [2.05, 4.69) is 10.8 Å². The minimum atomic E-state index is -0.512. The highest BCUT2D eigenvalue weighted by atomic mass is 16.6. The molecule has 0 aromatic rings. The van der Waals surface area contributed by atoms with Crippen LogP contribution in [0.3, 0.4) is 0 Å². The van der Waals surface area contributed by atoms with Gasteiger partial charge < -0.3 is 24.3 Å². The van der Waals surface area contributed by atoms with E-state index in [1.165, 1.54) is 6.92 Å². The van der Waals surface area contributed by atoms with E-state index in [4.69, 9.17) is 11.2 Å². The molecule has 0 aromatic heterocycles. The summed E-state index contributed by atoms with van der Waals surface area (Å²) in [5, 5.41) is 0. The van der Waals surface area contributed by atoms with E-state index < -0.39 is 5.60 Å². The highest BCUT2D eigenvalue weighted by molar-refractivity contribution is 5.76. The first-order valence-corrected chi connectivity index (χ1v) is 13.3. The van der Waals surface area contributed by atoms with Crippen LogP contribution < -0.4 is 0 Å². The summed E-state index contributed by atoms with van der Waals surface area (Å²) in [6.07, 6.45) is 6.91. The van der Waals surface area contributed by atoms with Crippen LogP contribution in [0, 0.1) is 12.3 Å².